The second-order valence-corrected chi connectivity index (χ2v) is 6.13. The van der Waals surface area contributed by atoms with E-state index in [2.05, 4.69) is 37.5 Å². The molecule has 1 aliphatic carbocycles. The maximum Gasteiger partial charge on any atom is 0.221 e. The summed E-state index contributed by atoms with van der Waals surface area (Å²) in [6, 6.07) is 0.291. The fraction of sp³-hybridized carbons (Fsp3) is 0.812. The summed E-state index contributed by atoms with van der Waals surface area (Å²) in [5.41, 5.74) is 1.51. The van der Waals surface area contributed by atoms with Crippen LogP contribution in [0.5, 0.6) is 0 Å². The first-order valence-corrected chi connectivity index (χ1v) is 7.68. The van der Waals surface area contributed by atoms with E-state index >= 15 is 0 Å². The Bertz CT molecular complexity index is 312. The molecule has 1 amide bonds. The summed E-state index contributed by atoms with van der Waals surface area (Å²) in [5, 5.41) is 6.42. The number of nitrogens with one attached hydrogen (secondary N) is 2. The van der Waals surface area contributed by atoms with E-state index in [1.54, 1.807) is 0 Å². The fourth-order valence-electron chi connectivity index (χ4n) is 2.80. The number of allylic oxidation sites excluding steroid dienone is 2. The minimum absolute atomic E-state index is 0.162. The van der Waals surface area contributed by atoms with E-state index in [0.29, 0.717) is 18.4 Å². The lowest BCUT2D eigenvalue weighted by atomic mass is 9.84. The lowest BCUT2D eigenvalue weighted by Crippen LogP contribution is -2.35. The van der Waals surface area contributed by atoms with Crippen molar-refractivity contribution in [1.82, 2.24) is 10.6 Å². The van der Waals surface area contributed by atoms with Crippen molar-refractivity contribution < 1.29 is 4.79 Å². The van der Waals surface area contributed by atoms with Gasteiger partial charge >= 0.3 is 0 Å². The van der Waals surface area contributed by atoms with Crippen molar-refractivity contribution in [3.63, 3.8) is 0 Å². The van der Waals surface area contributed by atoms with Crippen LogP contribution < -0.4 is 10.6 Å². The van der Waals surface area contributed by atoms with Gasteiger partial charge in [0.05, 0.1) is 0 Å². The molecular weight excluding hydrogens is 236 g/mol. The first-order valence-electron chi connectivity index (χ1n) is 7.68. The van der Waals surface area contributed by atoms with E-state index in [0.717, 1.165) is 25.4 Å². The van der Waals surface area contributed by atoms with Crippen molar-refractivity contribution in [2.45, 2.75) is 59.4 Å². The monoisotopic (exact) mass is 266 g/mol. The third kappa shape index (κ3) is 6.76. The van der Waals surface area contributed by atoms with Crippen LogP contribution in [0.1, 0.15) is 53.4 Å². The molecule has 3 heteroatoms. The van der Waals surface area contributed by atoms with Gasteiger partial charge in [0.25, 0.3) is 0 Å². The molecule has 0 saturated heterocycles. The van der Waals surface area contributed by atoms with Crippen LogP contribution in [0.15, 0.2) is 11.6 Å². The summed E-state index contributed by atoms with van der Waals surface area (Å²) >= 11 is 0. The highest BCUT2D eigenvalue weighted by Crippen LogP contribution is 2.27. The number of rotatable bonds is 7. The predicted octanol–water partition coefficient (Wildman–Crippen LogP) is 2.87. The topological polar surface area (TPSA) is 41.1 Å². The number of amides is 1. The van der Waals surface area contributed by atoms with Crippen molar-refractivity contribution in [3.05, 3.63) is 11.6 Å². The lowest BCUT2D eigenvalue weighted by molar-refractivity contribution is -0.121. The molecule has 0 saturated carbocycles. The number of carbonyl (C=O) groups is 1. The van der Waals surface area contributed by atoms with Gasteiger partial charge in [0.2, 0.25) is 5.91 Å². The Morgan fingerprint density at radius 2 is 2.26 bits per heavy atom. The largest absolute Gasteiger partial charge is 0.354 e. The highest BCUT2D eigenvalue weighted by atomic mass is 16.1. The molecule has 1 rings (SSSR count). The summed E-state index contributed by atoms with van der Waals surface area (Å²) < 4.78 is 0. The SMILES string of the molecule is CCC(C)NC(=O)CCNCC1CC(C)=CC(C)C1. The standard InChI is InChI=1S/C16H30N2O/c1-5-14(4)18-16(19)6-7-17-11-15-9-12(2)8-13(3)10-15/h8,12,14-15,17H,5-7,9-11H2,1-4H3,(H,18,19). The van der Waals surface area contributed by atoms with Gasteiger partial charge in [-0.25, -0.2) is 0 Å². The van der Waals surface area contributed by atoms with Crippen molar-refractivity contribution in [2.24, 2.45) is 11.8 Å². The Kier molecular flexibility index (Phi) is 7.14. The molecule has 3 nitrogen and oxygen atoms in total. The van der Waals surface area contributed by atoms with E-state index in [1.807, 2.05) is 6.92 Å². The third-order valence-corrected chi connectivity index (χ3v) is 3.87. The first-order chi connectivity index (χ1) is 9.01. The quantitative estimate of drug-likeness (QED) is 0.549. The highest BCUT2D eigenvalue weighted by molar-refractivity contribution is 5.76. The Morgan fingerprint density at radius 3 is 2.89 bits per heavy atom. The lowest BCUT2D eigenvalue weighted by Gasteiger charge is -2.25. The zero-order valence-electron chi connectivity index (χ0n) is 13.0. The predicted molar refractivity (Wildman–Crippen MR) is 81.0 cm³/mol. The van der Waals surface area contributed by atoms with E-state index in [9.17, 15) is 4.79 Å². The van der Waals surface area contributed by atoms with Crippen LogP contribution in [0.2, 0.25) is 0 Å². The molecule has 0 aromatic heterocycles. The molecule has 3 atom stereocenters. The van der Waals surface area contributed by atoms with Gasteiger partial charge in [-0.3, -0.25) is 4.79 Å². The molecule has 0 spiro atoms. The van der Waals surface area contributed by atoms with Crippen LogP contribution in [-0.2, 0) is 4.79 Å². The average Bonchev–Trinajstić information content (AvgIpc) is 2.33. The summed E-state index contributed by atoms with van der Waals surface area (Å²) in [5.74, 6) is 1.60. The molecule has 0 fully saturated rings. The molecule has 0 aromatic rings. The smallest absolute Gasteiger partial charge is 0.221 e. The fourth-order valence-corrected chi connectivity index (χ4v) is 2.80. The number of hydrogen-bond acceptors (Lipinski definition) is 2. The first kappa shape index (κ1) is 16.2. The van der Waals surface area contributed by atoms with Gasteiger partial charge in [-0.1, -0.05) is 25.5 Å². The maximum atomic E-state index is 11.6. The third-order valence-electron chi connectivity index (χ3n) is 3.87. The van der Waals surface area contributed by atoms with Crippen molar-refractivity contribution >= 4 is 5.91 Å². The van der Waals surface area contributed by atoms with Gasteiger partial charge in [0.15, 0.2) is 0 Å². The zero-order valence-corrected chi connectivity index (χ0v) is 13.0. The van der Waals surface area contributed by atoms with Gasteiger partial charge in [0, 0.05) is 19.0 Å². The minimum atomic E-state index is 0.162. The number of hydrogen-bond donors (Lipinski definition) is 2. The molecule has 0 aliphatic heterocycles. The Morgan fingerprint density at radius 1 is 1.53 bits per heavy atom. The van der Waals surface area contributed by atoms with Crippen molar-refractivity contribution in [1.29, 1.82) is 0 Å². The second-order valence-electron chi connectivity index (χ2n) is 6.13. The summed E-state index contributed by atoms with van der Waals surface area (Å²) in [4.78, 5) is 11.6. The van der Waals surface area contributed by atoms with Crippen LogP contribution in [0.4, 0.5) is 0 Å². The molecular formula is C16H30N2O. The Balaban J connectivity index is 2.11. The van der Waals surface area contributed by atoms with Crippen LogP contribution in [0, 0.1) is 11.8 Å². The molecule has 19 heavy (non-hydrogen) atoms. The van der Waals surface area contributed by atoms with Gasteiger partial charge in [-0.15, -0.1) is 0 Å². The second kappa shape index (κ2) is 8.36. The Hall–Kier alpha value is -0.830. The van der Waals surface area contributed by atoms with Crippen LogP contribution >= 0.6 is 0 Å². The molecule has 0 heterocycles. The molecule has 0 bridgehead atoms. The van der Waals surface area contributed by atoms with Gasteiger partial charge in [-0.2, -0.15) is 0 Å². The minimum Gasteiger partial charge on any atom is -0.354 e. The number of carbonyl (C=O) groups excluding carboxylic acids is 1. The van der Waals surface area contributed by atoms with E-state index in [1.165, 1.54) is 18.4 Å². The van der Waals surface area contributed by atoms with Crippen LogP contribution in [0.3, 0.4) is 0 Å². The molecule has 2 N–H and O–H groups in total. The summed E-state index contributed by atoms with van der Waals surface area (Å²) in [7, 11) is 0. The van der Waals surface area contributed by atoms with E-state index in [4.69, 9.17) is 0 Å². The molecule has 0 radical (unpaired) electrons. The Labute approximate surface area is 118 Å². The highest BCUT2D eigenvalue weighted by Gasteiger charge is 2.17. The zero-order chi connectivity index (χ0) is 14.3. The van der Waals surface area contributed by atoms with E-state index < -0.39 is 0 Å². The van der Waals surface area contributed by atoms with Gasteiger partial charge in [-0.05, 0) is 51.5 Å². The van der Waals surface area contributed by atoms with Gasteiger partial charge < -0.3 is 10.6 Å². The average molecular weight is 266 g/mol. The summed E-state index contributed by atoms with van der Waals surface area (Å²) in [6.07, 6.45) is 6.43. The molecule has 110 valence electrons. The molecule has 3 unspecified atom stereocenters. The van der Waals surface area contributed by atoms with Crippen LogP contribution in [0.25, 0.3) is 0 Å². The molecule has 0 aromatic carbocycles. The maximum absolute atomic E-state index is 11.6. The normalized spacial score (nSPS) is 24.7. The summed E-state index contributed by atoms with van der Waals surface area (Å²) in [6.45, 7) is 10.5. The van der Waals surface area contributed by atoms with Crippen molar-refractivity contribution in [3.8, 4) is 0 Å². The molecule has 1 aliphatic rings. The van der Waals surface area contributed by atoms with Crippen LogP contribution in [-0.4, -0.2) is 25.0 Å². The van der Waals surface area contributed by atoms with E-state index in [-0.39, 0.29) is 5.91 Å². The van der Waals surface area contributed by atoms with Gasteiger partial charge in [0.1, 0.15) is 0 Å². The van der Waals surface area contributed by atoms with Crippen molar-refractivity contribution in [2.75, 3.05) is 13.1 Å².